The lowest BCUT2D eigenvalue weighted by molar-refractivity contribution is -0.122. The summed E-state index contributed by atoms with van der Waals surface area (Å²) >= 11 is 0. The number of carbonyl (C=O) groups is 1. The number of likely N-dealkylation sites (tertiary alicyclic amines) is 1. The van der Waals surface area contributed by atoms with E-state index in [-0.39, 0.29) is 6.04 Å². The highest BCUT2D eigenvalue weighted by atomic mass is 16.1. The molecule has 0 bridgehead atoms. The highest BCUT2D eigenvalue weighted by Crippen LogP contribution is 2.26. The van der Waals surface area contributed by atoms with Crippen LogP contribution in [-0.4, -0.2) is 29.3 Å². The summed E-state index contributed by atoms with van der Waals surface area (Å²) in [5.74, 6) is 0.874. The lowest BCUT2D eigenvalue weighted by atomic mass is 9.99. The van der Waals surface area contributed by atoms with Gasteiger partial charge in [0.15, 0.2) is 0 Å². The van der Waals surface area contributed by atoms with Crippen molar-refractivity contribution in [2.75, 3.05) is 6.54 Å². The summed E-state index contributed by atoms with van der Waals surface area (Å²) in [6, 6.07) is 0.689. The second-order valence-corrected chi connectivity index (χ2v) is 4.15. The molecule has 0 unspecified atom stereocenters. The Labute approximate surface area is 74.9 Å². The van der Waals surface area contributed by atoms with Gasteiger partial charge in [-0.05, 0) is 39.7 Å². The molecule has 12 heavy (non-hydrogen) atoms. The molecule has 1 fully saturated rings. The van der Waals surface area contributed by atoms with Gasteiger partial charge in [0.1, 0.15) is 5.78 Å². The Morgan fingerprint density at radius 1 is 1.50 bits per heavy atom. The van der Waals surface area contributed by atoms with E-state index in [1.807, 2.05) is 0 Å². The van der Waals surface area contributed by atoms with Gasteiger partial charge in [-0.3, -0.25) is 9.69 Å². The molecule has 0 spiro atoms. The van der Waals surface area contributed by atoms with E-state index in [1.54, 1.807) is 6.92 Å². The van der Waals surface area contributed by atoms with E-state index in [1.165, 1.54) is 6.42 Å². The zero-order chi connectivity index (χ0) is 9.30. The van der Waals surface area contributed by atoms with Gasteiger partial charge in [-0.2, -0.15) is 0 Å². The highest BCUT2D eigenvalue weighted by molar-refractivity contribution is 5.82. The monoisotopic (exact) mass is 169 g/mol. The van der Waals surface area contributed by atoms with Crippen LogP contribution in [0.4, 0.5) is 0 Å². The van der Waals surface area contributed by atoms with Gasteiger partial charge in [-0.15, -0.1) is 0 Å². The number of rotatable bonds is 2. The summed E-state index contributed by atoms with van der Waals surface area (Å²) in [5, 5.41) is 0. The SMILES string of the molecule is CC(=O)[C@@H]1[C@@H](C)CCN1C(C)C. The smallest absolute Gasteiger partial charge is 0.147 e. The van der Waals surface area contributed by atoms with Gasteiger partial charge >= 0.3 is 0 Å². The largest absolute Gasteiger partial charge is 0.298 e. The molecule has 0 radical (unpaired) electrons. The van der Waals surface area contributed by atoms with Crippen molar-refractivity contribution in [2.45, 2.75) is 46.2 Å². The Morgan fingerprint density at radius 2 is 2.08 bits per heavy atom. The van der Waals surface area contributed by atoms with Crippen LogP contribution in [0.1, 0.15) is 34.1 Å². The second-order valence-electron chi connectivity index (χ2n) is 4.15. The van der Waals surface area contributed by atoms with E-state index in [4.69, 9.17) is 0 Å². The normalized spacial score (nSPS) is 31.4. The standard InChI is InChI=1S/C10H19NO/c1-7(2)11-6-5-8(3)10(11)9(4)12/h7-8,10H,5-6H2,1-4H3/t8-,10-/m0/s1. The van der Waals surface area contributed by atoms with Crippen molar-refractivity contribution in [1.82, 2.24) is 4.90 Å². The van der Waals surface area contributed by atoms with E-state index >= 15 is 0 Å². The fourth-order valence-corrected chi connectivity index (χ4v) is 2.19. The van der Waals surface area contributed by atoms with E-state index in [2.05, 4.69) is 25.7 Å². The topological polar surface area (TPSA) is 20.3 Å². The molecule has 1 rings (SSSR count). The van der Waals surface area contributed by atoms with Crippen LogP contribution in [0.2, 0.25) is 0 Å². The number of ketones is 1. The van der Waals surface area contributed by atoms with Gasteiger partial charge in [0.25, 0.3) is 0 Å². The molecule has 0 aliphatic carbocycles. The zero-order valence-corrected chi connectivity index (χ0v) is 8.50. The Bertz CT molecular complexity index is 177. The molecular formula is C10H19NO. The van der Waals surface area contributed by atoms with Crippen molar-refractivity contribution in [1.29, 1.82) is 0 Å². The quantitative estimate of drug-likeness (QED) is 0.627. The average molecular weight is 169 g/mol. The first-order valence-electron chi connectivity index (χ1n) is 4.80. The maximum Gasteiger partial charge on any atom is 0.147 e. The van der Waals surface area contributed by atoms with Crippen molar-refractivity contribution >= 4 is 5.78 Å². The van der Waals surface area contributed by atoms with Crippen LogP contribution in [0.3, 0.4) is 0 Å². The third-order valence-corrected chi connectivity index (χ3v) is 2.82. The van der Waals surface area contributed by atoms with Crippen LogP contribution >= 0.6 is 0 Å². The minimum atomic E-state index is 0.185. The van der Waals surface area contributed by atoms with Crippen LogP contribution in [0.15, 0.2) is 0 Å². The number of carbonyl (C=O) groups excluding carboxylic acids is 1. The molecule has 2 atom stereocenters. The third-order valence-electron chi connectivity index (χ3n) is 2.82. The predicted molar refractivity (Wildman–Crippen MR) is 50.1 cm³/mol. The van der Waals surface area contributed by atoms with Gasteiger partial charge in [-0.25, -0.2) is 0 Å². The summed E-state index contributed by atoms with van der Waals surface area (Å²) in [7, 11) is 0. The molecule has 2 heteroatoms. The molecule has 1 aliphatic heterocycles. The molecule has 2 nitrogen and oxygen atoms in total. The molecule has 0 saturated carbocycles. The van der Waals surface area contributed by atoms with E-state index in [0.29, 0.717) is 17.7 Å². The minimum Gasteiger partial charge on any atom is -0.298 e. The molecule has 1 aliphatic rings. The van der Waals surface area contributed by atoms with E-state index < -0.39 is 0 Å². The highest BCUT2D eigenvalue weighted by Gasteiger charge is 2.35. The molecular weight excluding hydrogens is 150 g/mol. The average Bonchev–Trinajstić information content (AvgIpc) is 2.30. The fourth-order valence-electron chi connectivity index (χ4n) is 2.19. The second kappa shape index (κ2) is 3.56. The van der Waals surface area contributed by atoms with Crippen molar-refractivity contribution in [3.8, 4) is 0 Å². The van der Waals surface area contributed by atoms with Crippen molar-refractivity contribution < 1.29 is 4.79 Å². The number of hydrogen-bond acceptors (Lipinski definition) is 2. The minimum absolute atomic E-state index is 0.185. The Balaban J connectivity index is 2.70. The number of hydrogen-bond donors (Lipinski definition) is 0. The Kier molecular flexibility index (Phi) is 2.89. The number of Topliss-reactive ketones (excluding diaryl/α,β-unsaturated/α-hetero) is 1. The van der Waals surface area contributed by atoms with Crippen LogP contribution < -0.4 is 0 Å². The van der Waals surface area contributed by atoms with Crippen LogP contribution in [0, 0.1) is 5.92 Å². The summed E-state index contributed by atoms with van der Waals surface area (Å²) in [5.41, 5.74) is 0. The third kappa shape index (κ3) is 1.69. The summed E-state index contributed by atoms with van der Waals surface area (Å²) in [6.07, 6.45) is 1.17. The predicted octanol–water partition coefficient (Wildman–Crippen LogP) is 1.69. The van der Waals surface area contributed by atoms with Gasteiger partial charge < -0.3 is 0 Å². The zero-order valence-electron chi connectivity index (χ0n) is 8.50. The van der Waals surface area contributed by atoms with Crippen molar-refractivity contribution in [3.63, 3.8) is 0 Å². The maximum absolute atomic E-state index is 11.3. The summed E-state index contributed by atoms with van der Waals surface area (Å²) in [4.78, 5) is 13.6. The van der Waals surface area contributed by atoms with Crippen LogP contribution in [-0.2, 0) is 4.79 Å². The molecule has 0 aromatic heterocycles. The number of nitrogens with zero attached hydrogens (tertiary/aromatic N) is 1. The first-order valence-corrected chi connectivity index (χ1v) is 4.80. The maximum atomic E-state index is 11.3. The molecule has 0 N–H and O–H groups in total. The first kappa shape index (κ1) is 9.72. The summed E-state index contributed by atoms with van der Waals surface area (Å²) < 4.78 is 0. The van der Waals surface area contributed by atoms with Crippen LogP contribution in [0.25, 0.3) is 0 Å². The lowest BCUT2D eigenvalue weighted by Crippen LogP contribution is -2.41. The van der Waals surface area contributed by atoms with Gasteiger partial charge in [0.2, 0.25) is 0 Å². The van der Waals surface area contributed by atoms with Gasteiger partial charge in [-0.1, -0.05) is 6.92 Å². The van der Waals surface area contributed by atoms with E-state index in [9.17, 15) is 4.79 Å². The lowest BCUT2D eigenvalue weighted by Gasteiger charge is -2.28. The molecule has 0 aromatic carbocycles. The first-order chi connectivity index (χ1) is 5.54. The van der Waals surface area contributed by atoms with Crippen molar-refractivity contribution in [2.24, 2.45) is 5.92 Å². The van der Waals surface area contributed by atoms with Gasteiger partial charge in [0, 0.05) is 6.04 Å². The van der Waals surface area contributed by atoms with E-state index in [0.717, 1.165) is 6.54 Å². The van der Waals surface area contributed by atoms with Crippen molar-refractivity contribution in [3.05, 3.63) is 0 Å². The fraction of sp³-hybridized carbons (Fsp3) is 0.900. The molecule has 70 valence electrons. The Morgan fingerprint density at radius 3 is 2.42 bits per heavy atom. The molecule has 0 aromatic rings. The Hall–Kier alpha value is -0.370. The molecule has 0 amide bonds. The van der Waals surface area contributed by atoms with Gasteiger partial charge in [0.05, 0.1) is 6.04 Å². The molecule has 1 saturated heterocycles. The molecule has 1 heterocycles. The summed E-state index contributed by atoms with van der Waals surface area (Å²) in [6.45, 7) is 9.29. The van der Waals surface area contributed by atoms with Crippen LogP contribution in [0.5, 0.6) is 0 Å².